The summed E-state index contributed by atoms with van der Waals surface area (Å²) in [5.41, 5.74) is 0.458. The number of hydrogen-bond donors (Lipinski definition) is 1. The number of rotatable bonds is 7. The largest absolute Gasteiger partial charge is 0.340 e. The topological polar surface area (TPSA) is 95.2 Å². The fourth-order valence-electron chi connectivity index (χ4n) is 3.33. The normalized spacial score (nSPS) is 17.6. The number of sulfonamides is 1. The molecular formula is C19H23BrN4O3S2. The van der Waals surface area contributed by atoms with Crippen LogP contribution in [0.5, 0.6) is 0 Å². The molecule has 1 N–H and O–H groups in total. The van der Waals surface area contributed by atoms with Crippen LogP contribution < -0.4 is 4.72 Å². The van der Waals surface area contributed by atoms with Crippen LogP contribution in [0.4, 0.5) is 0 Å². The highest BCUT2D eigenvalue weighted by molar-refractivity contribution is 9.10. The smallest absolute Gasteiger partial charge is 0.254 e. The van der Waals surface area contributed by atoms with Crippen LogP contribution in [0.2, 0.25) is 0 Å². The highest BCUT2D eigenvalue weighted by Crippen LogP contribution is 2.29. The Balaban J connectivity index is 1.85. The van der Waals surface area contributed by atoms with E-state index in [0.29, 0.717) is 31.2 Å². The van der Waals surface area contributed by atoms with E-state index in [1.807, 2.05) is 0 Å². The second-order valence-electron chi connectivity index (χ2n) is 7.29. The van der Waals surface area contributed by atoms with Crippen LogP contribution in [0.25, 0.3) is 0 Å². The van der Waals surface area contributed by atoms with Gasteiger partial charge in [-0.1, -0.05) is 22.9 Å². The molecule has 3 heterocycles. The molecule has 0 spiro atoms. The van der Waals surface area contributed by atoms with Gasteiger partial charge >= 0.3 is 0 Å². The van der Waals surface area contributed by atoms with Crippen molar-refractivity contribution in [2.75, 3.05) is 13.1 Å². The number of carbonyl (C=O) groups is 1. The van der Waals surface area contributed by atoms with E-state index in [1.165, 1.54) is 22.8 Å². The Morgan fingerprint density at radius 1 is 1.41 bits per heavy atom. The van der Waals surface area contributed by atoms with E-state index < -0.39 is 14.5 Å². The number of hydrogen-bond acceptors (Lipinski definition) is 5. The van der Waals surface area contributed by atoms with Gasteiger partial charge < -0.3 is 9.47 Å². The Labute approximate surface area is 183 Å². The number of amides is 1. The number of alkyl halides is 1. The first-order valence-corrected chi connectivity index (χ1v) is 12.6. The summed E-state index contributed by atoms with van der Waals surface area (Å²) < 4.78 is 28.5. The Morgan fingerprint density at radius 2 is 2.14 bits per heavy atom. The molecule has 2 aromatic rings. The zero-order chi connectivity index (χ0) is 21.1. The molecule has 1 aliphatic heterocycles. The first-order valence-electron chi connectivity index (χ1n) is 9.35. The third kappa shape index (κ3) is 5.09. The van der Waals surface area contributed by atoms with Crippen LogP contribution in [0.1, 0.15) is 31.9 Å². The number of halogens is 1. The highest BCUT2D eigenvalue weighted by Gasteiger charge is 2.43. The lowest BCUT2D eigenvalue weighted by atomic mass is 9.98. The SMILES string of the molecule is CC1CCN(C(=O)C(Br)(CCn2cccc2C#N)NS(=O)(=O)c2ccsc2)CC1. The average molecular weight is 499 g/mol. The average Bonchev–Trinajstić information content (AvgIpc) is 3.38. The third-order valence-corrected chi connectivity index (χ3v) is 8.67. The highest BCUT2D eigenvalue weighted by atomic mass is 79.9. The molecule has 1 saturated heterocycles. The number of aryl methyl sites for hydroxylation is 1. The van der Waals surface area contributed by atoms with Crippen molar-refractivity contribution in [1.29, 1.82) is 5.26 Å². The van der Waals surface area contributed by atoms with E-state index in [2.05, 4.69) is 33.6 Å². The van der Waals surface area contributed by atoms with E-state index in [9.17, 15) is 18.5 Å². The number of aromatic nitrogens is 1. The van der Waals surface area contributed by atoms with Gasteiger partial charge in [-0.2, -0.15) is 21.3 Å². The summed E-state index contributed by atoms with van der Waals surface area (Å²) in [4.78, 5) is 15.2. The molecule has 0 aromatic carbocycles. The van der Waals surface area contributed by atoms with Gasteiger partial charge in [0.2, 0.25) is 10.0 Å². The predicted octanol–water partition coefficient (Wildman–Crippen LogP) is 3.14. The first-order chi connectivity index (χ1) is 13.7. The Hall–Kier alpha value is -1.67. The van der Waals surface area contributed by atoms with Crippen LogP contribution in [0.15, 0.2) is 40.1 Å². The maximum Gasteiger partial charge on any atom is 0.254 e. The maximum atomic E-state index is 13.4. The van der Waals surface area contributed by atoms with Crippen molar-refractivity contribution >= 4 is 43.2 Å². The lowest BCUT2D eigenvalue weighted by Gasteiger charge is -2.37. The summed E-state index contributed by atoms with van der Waals surface area (Å²) >= 11 is 4.72. The Kier molecular flexibility index (Phi) is 6.83. The molecule has 1 aliphatic rings. The van der Waals surface area contributed by atoms with Gasteiger partial charge in [-0.05, 0) is 42.3 Å². The fraction of sp³-hybridized carbons (Fsp3) is 0.474. The van der Waals surface area contributed by atoms with Crippen LogP contribution >= 0.6 is 27.3 Å². The van der Waals surface area contributed by atoms with E-state index in [0.717, 1.165) is 12.8 Å². The third-order valence-electron chi connectivity index (χ3n) is 5.15. The molecule has 7 nitrogen and oxygen atoms in total. The van der Waals surface area contributed by atoms with Crippen LogP contribution in [0, 0.1) is 17.2 Å². The molecular weight excluding hydrogens is 476 g/mol. The standard InChI is InChI=1S/C19H23BrN4O3S2/c1-15-4-9-24(10-5-15)18(25)19(20,7-11-23-8-2-3-16(23)13-21)22-29(26,27)17-6-12-28-14-17/h2-3,6,8,12,14-15,22H,4-5,7,9-11H2,1H3. The van der Waals surface area contributed by atoms with Crippen molar-refractivity contribution in [2.45, 2.75) is 42.1 Å². The number of nitrogens with zero attached hydrogens (tertiary/aromatic N) is 3. The summed E-state index contributed by atoms with van der Waals surface area (Å²) in [5.74, 6) is 0.248. The molecule has 10 heteroatoms. The lowest BCUT2D eigenvalue weighted by Crippen LogP contribution is -2.57. The van der Waals surface area contributed by atoms with Crippen LogP contribution in [-0.4, -0.2) is 41.3 Å². The van der Waals surface area contributed by atoms with Crippen molar-refractivity contribution in [2.24, 2.45) is 5.92 Å². The summed E-state index contributed by atoms with van der Waals surface area (Å²) in [6.45, 7) is 3.65. The molecule has 1 atom stereocenters. The van der Waals surface area contributed by atoms with Crippen molar-refractivity contribution in [3.8, 4) is 6.07 Å². The van der Waals surface area contributed by atoms with Gasteiger partial charge in [0.1, 0.15) is 11.8 Å². The van der Waals surface area contributed by atoms with Crippen LogP contribution in [-0.2, 0) is 21.4 Å². The molecule has 0 saturated carbocycles. The zero-order valence-electron chi connectivity index (χ0n) is 16.0. The number of piperidine rings is 1. The van der Waals surface area contributed by atoms with Gasteiger partial charge in [0, 0.05) is 37.6 Å². The first kappa shape index (κ1) is 22.0. The monoisotopic (exact) mass is 498 g/mol. The van der Waals surface area contributed by atoms with E-state index in [1.54, 1.807) is 33.2 Å². The maximum absolute atomic E-state index is 13.4. The van der Waals surface area contributed by atoms with E-state index in [4.69, 9.17) is 0 Å². The quantitative estimate of drug-likeness (QED) is 0.468. The van der Waals surface area contributed by atoms with Gasteiger partial charge in [0.05, 0.1) is 4.90 Å². The molecule has 0 radical (unpaired) electrons. The number of carbonyl (C=O) groups excluding carboxylic acids is 1. The zero-order valence-corrected chi connectivity index (χ0v) is 19.3. The summed E-state index contributed by atoms with van der Waals surface area (Å²) in [7, 11) is -3.88. The van der Waals surface area contributed by atoms with E-state index >= 15 is 0 Å². The van der Waals surface area contributed by atoms with Crippen molar-refractivity contribution < 1.29 is 13.2 Å². The molecule has 29 heavy (non-hydrogen) atoms. The molecule has 156 valence electrons. The second-order valence-corrected chi connectivity index (χ2v) is 11.1. The summed E-state index contributed by atoms with van der Waals surface area (Å²) in [6.07, 6.45) is 3.68. The molecule has 3 rings (SSSR count). The lowest BCUT2D eigenvalue weighted by molar-refractivity contribution is -0.135. The molecule has 2 aromatic heterocycles. The number of likely N-dealkylation sites (tertiary alicyclic amines) is 1. The number of thiophene rings is 1. The van der Waals surface area contributed by atoms with Crippen LogP contribution in [0.3, 0.4) is 0 Å². The second kappa shape index (κ2) is 9.00. The molecule has 1 amide bonds. The minimum atomic E-state index is -3.88. The predicted molar refractivity (Wildman–Crippen MR) is 115 cm³/mol. The van der Waals surface area contributed by atoms with Gasteiger partial charge in [-0.3, -0.25) is 4.79 Å². The molecule has 1 fully saturated rings. The van der Waals surface area contributed by atoms with Gasteiger partial charge in [-0.15, -0.1) is 0 Å². The van der Waals surface area contributed by atoms with Crippen molar-refractivity contribution in [3.05, 3.63) is 40.8 Å². The molecule has 0 aliphatic carbocycles. The summed E-state index contributed by atoms with van der Waals surface area (Å²) in [5, 5.41) is 12.4. The van der Waals surface area contributed by atoms with Gasteiger partial charge in [0.15, 0.2) is 4.45 Å². The molecule has 1 unspecified atom stereocenters. The number of nitriles is 1. The number of nitrogens with one attached hydrogen (secondary N) is 1. The van der Waals surface area contributed by atoms with Gasteiger partial charge in [-0.25, -0.2) is 8.42 Å². The van der Waals surface area contributed by atoms with Crippen molar-refractivity contribution in [1.82, 2.24) is 14.2 Å². The summed E-state index contributed by atoms with van der Waals surface area (Å²) in [6, 6.07) is 7.03. The Bertz CT molecular complexity index is 989. The van der Waals surface area contributed by atoms with Crippen molar-refractivity contribution in [3.63, 3.8) is 0 Å². The fourth-order valence-corrected chi connectivity index (χ4v) is 6.65. The minimum Gasteiger partial charge on any atom is -0.340 e. The minimum absolute atomic E-state index is 0.130. The van der Waals surface area contributed by atoms with E-state index in [-0.39, 0.29) is 17.2 Å². The molecule has 0 bridgehead atoms. The Morgan fingerprint density at radius 3 is 2.76 bits per heavy atom. The van der Waals surface area contributed by atoms with Gasteiger partial charge in [0.25, 0.3) is 5.91 Å².